The van der Waals surface area contributed by atoms with Gasteiger partial charge in [0.25, 0.3) is 5.91 Å². The smallest absolute Gasteiger partial charge is 0.251 e. The highest BCUT2D eigenvalue weighted by molar-refractivity contribution is 7.09. The van der Waals surface area contributed by atoms with Gasteiger partial charge in [0.1, 0.15) is 0 Å². The molecule has 0 aliphatic carbocycles. The molecule has 0 saturated carbocycles. The van der Waals surface area contributed by atoms with Crippen LogP contribution in [0.25, 0.3) is 11.1 Å². The maximum absolute atomic E-state index is 12.4. The lowest BCUT2D eigenvalue weighted by Gasteiger charge is -2.13. The molecule has 3 nitrogen and oxygen atoms in total. The molecule has 0 radical (unpaired) electrons. The van der Waals surface area contributed by atoms with E-state index in [1.807, 2.05) is 25.1 Å². The summed E-state index contributed by atoms with van der Waals surface area (Å²) in [5, 5.41) is 2.12. The highest BCUT2D eigenvalue weighted by Crippen LogP contribution is 2.34. The van der Waals surface area contributed by atoms with E-state index in [1.54, 1.807) is 11.3 Å². The second-order valence-corrected chi connectivity index (χ2v) is 7.98. The normalized spacial score (nSPS) is 11.0. The number of benzene rings is 1. The van der Waals surface area contributed by atoms with E-state index in [0.717, 1.165) is 42.6 Å². The number of carbonyl (C=O) groups is 1. The van der Waals surface area contributed by atoms with Crippen LogP contribution in [0.1, 0.15) is 52.8 Å². The third kappa shape index (κ3) is 4.33. The van der Waals surface area contributed by atoms with Crippen molar-refractivity contribution in [1.82, 2.24) is 4.57 Å². The number of carbonyl (C=O) groups excluding carboxylic acids is 1. The molecular weight excluding hydrogens is 352 g/mol. The largest absolute Gasteiger partial charge is 0.366 e. The van der Waals surface area contributed by atoms with Crippen LogP contribution in [0.3, 0.4) is 0 Å². The Balaban J connectivity index is 2.08. The maximum atomic E-state index is 12.4. The van der Waals surface area contributed by atoms with E-state index in [0.29, 0.717) is 5.56 Å². The third-order valence-corrected chi connectivity index (χ3v) is 6.06. The van der Waals surface area contributed by atoms with Crippen LogP contribution in [0.15, 0.2) is 47.8 Å². The molecular formula is C23H28N2OS. The van der Waals surface area contributed by atoms with Gasteiger partial charge in [0.05, 0.1) is 5.56 Å². The molecule has 0 bridgehead atoms. The highest BCUT2D eigenvalue weighted by atomic mass is 32.1. The molecule has 0 spiro atoms. The second kappa shape index (κ2) is 9.05. The molecule has 0 aliphatic heterocycles. The molecule has 142 valence electrons. The summed E-state index contributed by atoms with van der Waals surface area (Å²) in [7, 11) is 0. The summed E-state index contributed by atoms with van der Waals surface area (Å²) in [6.07, 6.45) is 5.43. The highest BCUT2D eigenvalue weighted by Gasteiger charge is 2.24. The SMILES string of the molecule is CCCCCc1c(-c2ccccc2)c(C(N)=O)c(C)n1CCc1cccs1. The number of nitrogens with zero attached hydrogens (tertiary/aromatic N) is 1. The predicted molar refractivity (Wildman–Crippen MR) is 114 cm³/mol. The number of rotatable bonds is 9. The van der Waals surface area contributed by atoms with Crippen LogP contribution < -0.4 is 5.73 Å². The average Bonchev–Trinajstić information content (AvgIpc) is 3.27. The van der Waals surface area contributed by atoms with Crippen molar-refractivity contribution < 1.29 is 4.79 Å². The van der Waals surface area contributed by atoms with Crippen molar-refractivity contribution in [2.75, 3.05) is 0 Å². The molecule has 3 aromatic rings. The first-order valence-electron chi connectivity index (χ1n) is 9.73. The minimum absolute atomic E-state index is 0.335. The van der Waals surface area contributed by atoms with Gasteiger partial charge < -0.3 is 10.3 Å². The Bertz CT molecular complexity index is 879. The van der Waals surface area contributed by atoms with E-state index >= 15 is 0 Å². The maximum Gasteiger partial charge on any atom is 0.251 e. The molecule has 2 heterocycles. The molecule has 0 unspecified atom stereocenters. The fourth-order valence-corrected chi connectivity index (χ4v) is 4.49. The summed E-state index contributed by atoms with van der Waals surface area (Å²) in [4.78, 5) is 13.7. The van der Waals surface area contributed by atoms with E-state index in [9.17, 15) is 4.79 Å². The summed E-state index contributed by atoms with van der Waals surface area (Å²) >= 11 is 1.78. The minimum Gasteiger partial charge on any atom is -0.366 e. The van der Waals surface area contributed by atoms with Gasteiger partial charge in [-0.1, -0.05) is 56.2 Å². The second-order valence-electron chi connectivity index (χ2n) is 6.95. The summed E-state index contributed by atoms with van der Waals surface area (Å²) in [6, 6.07) is 14.5. The molecule has 4 heteroatoms. The Morgan fingerprint density at radius 1 is 1.07 bits per heavy atom. The number of aromatic nitrogens is 1. The Hall–Kier alpha value is -2.33. The fraction of sp³-hybridized carbons (Fsp3) is 0.348. The van der Waals surface area contributed by atoms with Crippen LogP contribution in [-0.4, -0.2) is 10.5 Å². The Labute approximate surface area is 165 Å². The number of nitrogens with two attached hydrogens (primary N) is 1. The van der Waals surface area contributed by atoms with Gasteiger partial charge in [-0.25, -0.2) is 0 Å². The van der Waals surface area contributed by atoms with E-state index < -0.39 is 0 Å². The lowest BCUT2D eigenvalue weighted by atomic mass is 9.97. The van der Waals surface area contributed by atoms with E-state index in [-0.39, 0.29) is 5.91 Å². The van der Waals surface area contributed by atoms with E-state index in [2.05, 4.69) is 41.1 Å². The first kappa shape index (κ1) is 19.4. The number of hydrogen-bond donors (Lipinski definition) is 1. The van der Waals surface area contributed by atoms with Gasteiger partial charge in [-0.2, -0.15) is 0 Å². The van der Waals surface area contributed by atoms with Gasteiger partial charge in [-0.05, 0) is 43.2 Å². The van der Waals surface area contributed by atoms with Gasteiger partial charge in [-0.3, -0.25) is 4.79 Å². The number of aryl methyl sites for hydroxylation is 1. The number of unbranched alkanes of at least 4 members (excludes halogenated alkanes) is 2. The molecule has 1 amide bonds. The zero-order valence-electron chi connectivity index (χ0n) is 16.2. The topological polar surface area (TPSA) is 48.0 Å². The quantitative estimate of drug-likeness (QED) is 0.483. The van der Waals surface area contributed by atoms with Crippen molar-refractivity contribution in [3.05, 3.63) is 69.7 Å². The van der Waals surface area contributed by atoms with Crippen molar-refractivity contribution in [2.45, 2.75) is 52.5 Å². The first-order chi connectivity index (χ1) is 13.1. The zero-order valence-corrected chi connectivity index (χ0v) is 17.0. The van der Waals surface area contributed by atoms with Crippen molar-refractivity contribution in [3.8, 4) is 11.1 Å². The van der Waals surface area contributed by atoms with Crippen molar-refractivity contribution in [2.24, 2.45) is 5.73 Å². The van der Waals surface area contributed by atoms with Crippen LogP contribution in [0.2, 0.25) is 0 Å². The van der Waals surface area contributed by atoms with E-state index in [4.69, 9.17) is 5.73 Å². The summed E-state index contributed by atoms with van der Waals surface area (Å²) in [6.45, 7) is 5.12. The van der Waals surface area contributed by atoms with Crippen LogP contribution in [0.5, 0.6) is 0 Å². The Morgan fingerprint density at radius 2 is 1.85 bits per heavy atom. The molecule has 2 N–H and O–H groups in total. The van der Waals surface area contributed by atoms with Crippen LogP contribution >= 0.6 is 11.3 Å². The molecule has 2 aromatic heterocycles. The summed E-state index contributed by atoms with van der Waals surface area (Å²) < 4.78 is 2.33. The van der Waals surface area contributed by atoms with Gasteiger partial charge in [0, 0.05) is 28.4 Å². The van der Waals surface area contributed by atoms with Crippen LogP contribution in [0, 0.1) is 6.92 Å². The molecule has 0 fully saturated rings. The Kier molecular flexibility index (Phi) is 6.51. The molecule has 0 aliphatic rings. The first-order valence-corrected chi connectivity index (χ1v) is 10.6. The van der Waals surface area contributed by atoms with Crippen LogP contribution in [-0.2, 0) is 19.4 Å². The molecule has 0 saturated heterocycles. The predicted octanol–water partition coefficient (Wildman–Crippen LogP) is 5.60. The summed E-state index contributed by atoms with van der Waals surface area (Å²) in [5.74, 6) is -0.335. The fourth-order valence-electron chi connectivity index (χ4n) is 3.80. The molecule has 0 atom stereocenters. The Morgan fingerprint density at radius 3 is 2.48 bits per heavy atom. The molecule has 27 heavy (non-hydrogen) atoms. The minimum atomic E-state index is -0.335. The monoisotopic (exact) mass is 380 g/mol. The average molecular weight is 381 g/mol. The van der Waals surface area contributed by atoms with Crippen molar-refractivity contribution >= 4 is 17.2 Å². The van der Waals surface area contributed by atoms with Gasteiger partial charge in [0.2, 0.25) is 0 Å². The van der Waals surface area contributed by atoms with Gasteiger partial charge in [-0.15, -0.1) is 11.3 Å². The zero-order chi connectivity index (χ0) is 19.2. The standard InChI is InChI=1S/C23H28N2OS/c1-3-4-6-13-20-22(18-10-7-5-8-11-18)21(23(24)26)17(2)25(20)15-14-19-12-9-16-27-19/h5,7-12,16H,3-4,6,13-15H2,1-2H3,(H2,24,26). The number of thiophene rings is 1. The summed E-state index contributed by atoms with van der Waals surface area (Å²) in [5.41, 5.74) is 10.9. The molecule has 1 aromatic carbocycles. The van der Waals surface area contributed by atoms with Crippen molar-refractivity contribution in [3.63, 3.8) is 0 Å². The lowest BCUT2D eigenvalue weighted by Crippen LogP contribution is -2.13. The number of amides is 1. The van der Waals surface area contributed by atoms with E-state index in [1.165, 1.54) is 23.4 Å². The third-order valence-electron chi connectivity index (χ3n) is 5.12. The lowest BCUT2D eigenvalue weighted by molar-refractivity contribution is 0.1000. The number of hydrogen-bond acceptors (Lipinski definition) is 2. The van der Waals surface area contributed by atoms with Gasteiger partial charge >= 0.3 is 0 Å². The van der Waals surface area contributed by atoms with Gasteiger partial charge in [0.15, 0.2) is 0 Å². The number of primary amides is 1. The molecule has 3 rings (SSSR count). The van der Waals surface area contributed by atoms with Crippen LogP contribution in [0.4, 0.5) is 0 Å². The van der Waals surface area contributed by atoms with Crippen molar-refractivity contribution in [1.29, 1.82) is 0 Å².